The van der Waals surface area contributed by atoms with Crippen molar-refractivity contribution < 1.29 is 27.5 Å². The van der Waals surface area contributed by atoms with Crippen molar-refractivity contribution in [2.24, 2.45) is 5.92 Å². The third-order valence-corrected chi connectivity index (χ3v) is 8.36. The number of alkyl halides is 3. The van der Waals surface area contributed by atoms with E-state index in [9.17, 15) is 22.8 Å². The molecule has 2 amide bonds. The summed E-state index contributed by atoms with van der Waals surface area (Å²) in [5.74, 6) is 0.154. The number of halogens is 3. The molecule has 0 bridgehead atoms. The number of urea groups is 1. The van der Waals surface area contributed by atoms with Gasteiger partial charge in [0.05, 0.1) is 11.4 Å². The third-order valence-electron chi connectivity index (χ3n) is 8.36. The molecule has 0 spiro atoms. The molecule has 2 heterocycles. The molecule has 11 heteroatoms. The molecule has 3 N–H and O–H groups in total. The molecular weight excluding hydrogens is 607 g/mol. The van der Waals surface area contributed by atoms with Crippen LogP contribution in [0.3, 0.4) is 0 Å². The van der Waals surface area contributed by atoms with Gasteiger partial charge in [-0.3, -0.25) is 10.1 Å². The van der Waals surface area contributed by atoms with Crippen molar-refractivity contribution in [2.45, 2.75) is 64.7 Å². The van der Waals surface area contributed by atoms with Crippen LogP contribution in [0.5, 0.6) is 5.75 Å². The minimum atomic E-state index is -4.80. The first-order chi connectivity index (χ1) is 22.2. The number of Topliss-reactive ketones (excluding diaryl/α,β-unsaturated/α-hetero) is 1. The first-order valence-electron chi connectivity index (χ1n) is 15.7. The maximum Gasteiger partial charge on any atom is 0.573 e. The highest BCUT2D eigenvalue weighted by molar-refractivity contribution is 5.99. The van der Waals surface area contributed by atoms with E-state index in [0.29, 0.717) is 17.1 Å². The second-order valence-corrected chi connectivity index (χ2v) is 13.0. The maximum absolute atomic E-state index is 13.3. The van der Waals surface area contributed by atoms with Gasteiger partial charge in [0.1, 0.15) is 11.6 Å². The maximum atomic E-state index is 13.3. The van der Waals surface area contributed by atoms with Crippen molar-refractivity contribution in [2.75, 3.05) is 23.7 Å². The minimum absolute atomic E-state index is 0.0988. The van der Waals surface area contributed by atoms with Crippen molar-refractivity contribution in [3.05, 3.63) is 101 Å². The predicted molar refractivity (Wildman–Crippen MR) is 176 cm³/mol. The number of carbonyl (C=O) groups is 2. The lowest BCUT2D eigenvalue weighted by Gasteiger charge is -2.31. The number of carbonyl (C=O) groups excluding carboxylic acids is 2. The Morgan fingerprint density at radius 1 is 0.936 bits per heavy atom. The Kier molecular flexibility index (Phi) is 10.0. The molecule has 0 saturated carbocycles. The number of aryl methyl sites for hydroxylation is 1. The molecule has 1 atom stereocenters. The van der Waals surface area contributed by atoms with E-state index in [1.54, 1.807) is 4.68 Å². The van der Waals surface area contributed by atoms with Crippen LogP contribution < -0.4 is 20.7 Å². The Bertz CT molecular complexity index is 1670. The lowest BCUT2D eigenvalue weighted by Crippen LogP contribution is -2.31. The number of anilines is 2. The van der Waals surface area contributed by atoms with Crippen LogP contribution in [0.1, 0.15) is 73.1 Å². The Balaban J connectivity index is 1.29. The minimum Gasteiger partial charge on any atom is -0.406 e. The molecule has 1 fully saturated rings. The Morgan fingerprint density at radius 2 is 1.57 bits per heavy atom. The molecule has 1 aliphatic rings. The van der Waals surface area contributed by atoms with Crippen molar-refractivity contribution >= 4 is 23.3 Å². The van der Waals surface area contributed by atoms with Crippen LogP contribution in [0.4, 0.5) is 29.5 Å². The lowest BCUT2D eigenvalue weighted by atomic mass is 9.77. The summed E-state index contributed by atoms with van der Waals surface area (Å²) in [4.78, 5) is 26.5. The normalized spacial score (nSPS) is 14.8. The zero-order valence-electron chi connectivity index (χ0n) is 26.9. The largest absolute Gasteiger partial charge is 0.573 e. The highest BCUT2D eigenvalue weighted by atomic mass is 19.4. The van der Waals surface area contributed by atoms with Gasteiger partial charge in [-0.05, 0) is 98.8 Å². The smallest absolute Gasteiger partial charge is 0.406 e. The van der Waals surface area contributed by atoms with E-state index in [1.807, 2.05) is 61.5 Å². The van der Waals surface area contributed by atoms with Crippen LogP contribution in [-0.4, -0.2) is 41.0 Å². The van der Waals surface area contributed by atoms with Gasteiger partial charge < -0.3 is 15.4 Å². The summed E-state index contributed by atoms with van der Waals surface area (Å²) in [7, 11) is 0. The number of benzene rings is 3. The lowest BCUT2D eigenvalue weighted by molar-refractivity contribution is -0.274. The Morgan fingerprint density at radius 3 is 2.17 bits per heavy atom. The first-order valence-corrected chi connectivity index (χ1v) is 15.7. The number of rotatable bonds is 9. The fraction of sp³-hybridized carbons (Fsp3) is 0.361. The summed E-state index contributed by atoms with van der Waals surface area (Å²) in [5.41, 5.74) is 4.42. The summed E-state index contributed by atoms with van der Waals surface area (Å²) >= 11 is 0. The van der Waals surface area contributed by atoms with E-state index in [0.717, 1.165) is 60.6 Å². The molecule has 1 unspecified atom stereocenters. The monoisotopic (exact) mass is 647 g/mol. The van der Waals surface area contributed by atoms with Crippen LogP contribution in [0.2, 0.25) is 0 Å². The number of hydrogen-bond acceptors (Lipinski definition) is 5. The molecule has 3 aromatic carbocycles. The molecule has 47 heavy (non-hydrogen) atoms. The van der Waals surface area contributed by atoms with Gasteiger partial charge in [0, 0.05) is 29.2 Å². The van der Waals surface area contributed by atoms with Gasteiger partial charge in [0.25, 0.3) is 0 Å². The zero-order chi connectivity index (χ0) is 33.8. The molecule has 1 aromatic heterocycles. The number of aromatic nitrogens is 2. The SMILES string of the molecule is Cc1ccc(-n2nc(C(C)(C)C)cc2NC(=O)Nc2ccc(C(CC(=O)c3ccc(OC(F)(F)F)cc3)C3CCNCC3)cc2)cc1. The second-order valence-electron chi connectivity index (χ2n) is 13.0. The molecule has 1 aliphatic heterocycles. The summed E-state index contributed by atoms with van der Waals surface area (Å²) in [5, 5.41) is 14.0. The molecule has 248 valence electrons. The molecular formula is C36H40F3N5O3. The Hall–Kier alpha value is -4.64. The van der Waals surface area contributed by atoms with Crippen LogP contribution in [0.25, 0.3) is 5.69 Å². The van der Waals surface area contributed by atoms with E-state index in [1.165, 1.54) is 12.1 Å². The van der Waals surface area contributed by atoms with Gasteiger partial charge in [-0.25, -0.2) is 9.48 Å². The van der Waals surface area contributed by atoms with Crippen molar-refractivity contribution in [3.63, 3.8) is 0 Å². The van der Waals surface area contributed by atoms with Crippen molar-refractivity contribution in [1.82, 2.24) is 15.1 Å². The van der Waals surface area contributed by atoms with E-state index >= 15 is 0 Å². The molecule has 0 aliphatic carbocycles. The van der Waals surface area contributed by atoms with E-state index in [-0.39, 0.29) is 35.2 Å². The number of hydrogen-bond donors (Lipinski definition) is 3. The fourth-order valence-electron chi connectivity index (χ4n) is 5.78. The third kappa shape index (κ3) is 9.00. The zero-order valence-corrected chi connectivity index (χ0v) is 26.9. The standard InChI is InChI=1S/C36H40F3N5O3/c1-23-5-13-28(14-6-23)44-33(22-32(43-44)35(2,3)4)42-34(46)41-27-11-7-24(8-12-27)30(25-17-19-40-20-18-25)21-31(45)26-9-15-29(16-10-26)47-36(37,38)39/h5-16,22,25,30,40H,17-21H2,1-4H3,(H2,41,42,46). The first kappa shape index (κ1) is 33.7. The fourth-order valence-corrected chi connectivity index (χ4v) is 5.78. The molecule has 5 rings (SSSR count). The topological polar surface area (TPSA) is 97.3 Å². The number of ether oxygens (including phenoxy) is 1. The van der Waals surface area contributed by atoms with Gasteiger partial charge in [-0.2, -0.15) is 5.10 Å². The Labute approximate surface area is 272 Å². The molecule has 1 saturated heterocycles. The highest BCUT2D eigenvalue weighted by Gasteiger charge is 2.31. The second kappa shape index (κ2) is 14.0. The van der Waals surface area contributed by atoms with Crippen LogP contribution in [-0.2, 0) is 5.41 Å². The number of nitrogens with zero attached hydrogens (tertiary/aromatic N) is 2. The van der Waals surface area contributed by atoms with Gasteiger partial charge >= 0.3 is 12.4 Å². The highest BCUT2D eigenvalue weighted by Crippen LogP contribution is 2.36. The van der Waals surface area contributed by atoms with E-state index in [4.69, 9.17) is 5.10 Å². The molecule has 4 aromatic rings. The molecule has 0 radical (unpaired) electrons. The van der Waals surface area contributed by atoms with Gasteiger partial charge in [0.15, 0.2) is 5.78 Å². The van der Waals surface area contributed by atoms with Crippen molar-refractivity contribution in [3.8, 4) is 11.4 Å². The average molecular weight is 648 g/mol. The summed E-state index contributed by atoms with van der Waals surface area (Å²) < 4.78 is 43.4. The average Bonchev–Trinajstić information content (AvgIpc) is 3.45. The van der Waals surface area contributed by atoms with Crippen LogP contribution >= 0.6 is 0 Å². The quantitative estimate of drug-likeness (QED) is 0.159. The predicted octanol–water partition coefficient (Wildman–Crippen LogP) is 8.38. The number of nitrogens with one attached hydrogen (secondary N) is 3. The van der Waals surface area contributed by atoms with Gasteiger partial charge in [-0.1, -0.05) is 50.6 Å². The van der Waals surface area contributed by atoms with Gasteiger partial charge in [-0.15, -0.1) is 13.2 Å². The van der Waals surface area contributed by atoms with Gasteiger partial charge in [0.2, 0.25) is 0 Å². The van der Waals surface area contributed by atoms with Crippen LogP contribution in [0, 0.1) is 12.8 Å². The number of amides is 2. The summed E-state index contributed by atoms with van der Waals surface area (Å²) in [6, 6.07) is 21.9. The number of ketones is 1. The van der Waals surface area contributed by atoms with E-state index < -0.39 is 12.4 Å². The van der Waals surface area contributed by atoms with E-state index in [2.05, 4.69) is 41.5 Å². The summed E-state index contributed by atoms with van der Waals surface area (Å²) in [6.45, 7) is 9.89. The van der Waals surface area contributed by atoms with Crippen LogP contribution in [0.15, 0.2) is 78.9 Å². The number of piperidine rings is 1. The summed E-state index contributed by atoms with van der Waals surface area (Å²) in [6.07, 6.45) is -2.81. The molecule has 8 nitrogen and oxygen atoms in total. The van der Waals surface area contributed by atoms with Crippen molar-refractivity contribution in [1.29, 1.82) is 0 Å².